The summed E-state index contributed by atoms with van der Waals surface area (Å²) in [6.45, 7) is 0. The highest BCUT2D eigenvalue weighted by Crippen LogP contribution is 2.47. The number of aromatic nitrogens is 1. The van der Waals surface area contributed by atoms with E-state index in [1.165, 1.54) is 70.9 Å². The lowest BCUT2D eigenvalue weighted by atomic mass is 9.83. The van der Waals surface area contributed by atoms with Gasteiger partial charge in [-0.15, -0.1) is 0 Å². The monoisotopic (exact) mass is 700 g/mol. The van der Waals surface area contributed by atoms with Crippen LogP contribution in [0.2, 0.25) is 0 Å². The fourth-order valence-electron chi connectivity index (χ4n) is 8.22. The van der Waals surface area contributed by atoms with Crippen LogP contribution in [0, 0.1) is 0 Å². The first kappa shape index (κ1) is 32.4. The minimum Gasteiger partial charge on any atom is -0.295 e. The van der Waals surface area contributed by atoms with Gasteiger partial charge in [0.2, 0.25) is 0 Å². The topological polar surface area (TPSA) is 16.1 Å². The molecular formula is C53H36N2. The summed E-state index contributed by atoms with van der Waals surface area (Å²) < 4.78 is 0. The van der Waals surface area contributed by atoms with E-state index in [1.54, 1.807) is 0 Å². The Kier molecular flexibility index (Phi) is 8.20. The molecule has 0 aliphatic rings. The fourth-order valence-corrected chi connectivity index (χ4v) is 8.22. The number of hydrogen-bond acceptors (Lipinski definition) is 2. The molecule has 2 nitrogen and oxygen atoms in total. The number of para-hydroxylation sites is 2. The molecule has 0 radical (unpaired) electrons. The quantitative estimate of drug-likeness (QED) is 0.154. The van der Waals surface area contributed by atoms with Crippen LogP contribution in [0.25, 0.3) is 77.5 Å². The molecule has 9 aromatic carbocycles. The Labute approximate surface area is 320 Å². The Balaban J connectivity index is 1.08. The van der Waals surface area contributed by atoms with Crippen molar-refractivity contribution >= 4 is 72.4 Å². The lowest BCUT2D eigenvalue weighted by Gasteiger charge is -2.24. The third-order valence-electron chi connectivity index (χ3n) is 10.7. The zero-order valence-electron chi connectivity index (χ0n) is 30.2. The maximum Gasteiger partial charge on any atom is 0.137 e. The van der Waals surface area contributed by atoms with Crippen LogP contribution in [0.1, 0.15) is 11.1 Å². The Bertz CT molecular complexity index is 2920. The third kappa shape index (κ3) is 5.82. The maximum atomic E-state index is 4.94. The molecule has 0 saturated carbocycles. The van der Waals surface area contributed by atoms with Gasteiger partial charge < -0.3 is 0 Å². The van der Waals surface area contributed by atoms with E-state index in [-0.39, 0.29) is 0 Å². The van der Waals surface area contributed by atoms with Crippen LogP contribution in [-0.4, -0.2) is 4.98 Å². The van der Waals surface area contributed by atoms with E-state index in [4.69, 9.17) is 4.98 Å². The Hall–Kier alpha value is -7.29. The van der Waals surface area contributed by atoms with E-state index in [0.717, 1.165) is 22.8 Å². The molecular weight excluding hydrogens is 665 g/mol. The van der Waals surface area contributed by atoms with Crippen molar-refractivity contribution in [2.24, 2.45) is 0 Å². The van der Waals surface area contributed by atoms with Gasteiger partial charge in [-0.2, -0.15) is 0 Å². The highest BCUT2D eigenvalue weighted by molar-refractivity contribution is 6.25. The fraction of sp³-hybridized carbons (Fsp3) is 0. The number of benzene rings is 9. The van der Waals surface area contributed by atoms with Gasteiger partial charge in [0.05, 0.1) is 0 Å². The van der Waals surface area contributed by atoms with Gasteiger partial charge in [0.1, 0.15) is 5.82 Å². The van der Waals surface area contributed by atoms with Crippen molar-refractivity contribution in [1.82, 2.24) is 4.98 Å². The number of hydrogen-bond donors (Lipinski definition) is 0. The average molecular weight is 701 g/mol. The number of pyridine rings is 1. The van der Waals surface area contributed by atoms with Crippen LogP contribution in [0.5, 0.6) is 0 Å². The normalized spacial score (nSPS) is 11.6. The van der Waals surface area contributed by atoms with E-state index in [2.05, 4.69) is 205 Å². The summed E-state index contributed by atoms with van der Waals surface area (Å²) in [4.78, 5) is 7.12. The molecule has 0 N–H and O–H groups in total. The molecule has 1 heterocycles. The summed E-state index contributed by atoms with van der Waals surface area (Å²) in [5.41, 5.74) is 9.39. The summed E-state index contributed by atoms with van der Waals surface area (Å²) >= 11 is 0. The van der Waals surface area contributed by atoms with Crippen molar-refractivity contribution in [3.63, 3.8) is 0 Å². The number of rotatable bonds is 7. The van der Waals surface area contributed by atoms with E-state index in [0.29, 0.717) is 0 Å². The second-order valence-corrected chi connectivity index (χ2v) is 13.9. The van der Waals surface area contributed by atoms with Gasteiger partial charge in [-0.05, 0) is 113 Å². The summed E-state index contributed by atoms with van der Waals surface area (Å²) in [7, 11) is 0. The Morgan fingerprint density at radius 3 is 1.42 bits per heavy atom. The molecule has 0 unspecified atom stereocenters. The Morgan fingerprint density at radius 1 is 0.345 bits per heavy atom. The van der Waals surface area contributed by atoms with Gasteiger partial charge in [-0.25, -0.2) is 4.98 Å². The predicted octanol–water partition coefficient (Wildman–Crippen LogP) is 14.7. The lowest BCUT2D eigenvalue weighted by Crippen LogP contribution is -2.11. The lowest BCUT2D eigenvalue weighted by molar-refractivity contribution is 1.18. The van der Waals surface area contributed by atoms with Gasteiger partial charge in [-0.1, -0.05) is 176 Å². The largest absolute Gasteiger partial charge is 0.295 e. The summed E-state index contributed by atoms with van der Waals surface area (Å²) in [5, 5.41) is 9.99. The van der Waals surface area contributed by atoms with Crippen LogP contribution in [0.15, 0.2) is 206 Å². The summed E-state index contributed by atoms with van der Waals surface area (Å²) in [6, 6.07) is 71.6. The maximum absolute atomic E-state index is 4.94. The molecule has 258 valence electrons. The van der Waals surface area contributed by atoms with Gasteiger partial charge in [-0.3, -0.25) is 4.90 Å². The standard InChI is InChI=1S/C53H36N2/c1-3-18-40(19-4-1)55(41-20-5-2-6-21-41)51-35-31-37(36-54-51)30-32-39-33-34-50(44-24-10-9-22-42(39)44)53-48-27-13-11-25-46(48)52(47-26-12-14-28-49(47)53)45-29-15-17-38-16-7-8-23-43(38)45/h1-36H. The molecule has 2 heteroatoms. The van der Waals surface area contributed by atoms with Crippen LogP contribution < -0.4 is 4.90 Å². The SMILES string of the molecule is C(=Cc1ccc(-c2c3ccccc3c(-c3cccc4ccccc34)c3ccccc23)c2ccccc12)c1ccc(N(c2ccccc2)c2ccccc2)nc1. The molecule has 0 bridgehead atoms. The molecule has 0 amide bonds. The smallest absolute Gasteiger partial charge is 0.137 e. The molecule has 10 rings (SSSR count). The van der Waals surface area contributed by atoms with Gasteiger partial charge in [0, 0.05) is 17.6 Å². The van der Waals surface area contributed by atoms with E-state index in [9.17, 15) is 0 Å². The molecule has 0 saturated heterocycles. The minimum atomic E-state index is 0.871. The zero-order chi connectivity index (χ0) is 36.6. The second-order valence-electron chi connectivity index (χ2n) is 13.9. The summed E-state index contributed by atoms with van der Waals surface area (Å²) in [5.74, 6) is 0.871. The average Bonchev–Trinajstić information content (AvgIpc) is 3.26. The van der Waals surface area contributed by atoms with Crippen molar-refractivity contribution in [3.05, 3.63) is 218 Å². The van der Waals surface area contributed by atoms with Crippen LogP contribution >= 0.6 is 0 Å². The summed E-state index contributed by atoms with van der Waals surface area (Å²) in [6.07, 6.45) is 6.34. The molecule has 0 aliphatic heterocycles. The number of fused-ring (bicyclic) bond motifs is 4. The predicted molar refractivity (Wildman–Crippen MR) is 235 cm³/mol. The molecule has 0 spiro atoms. The third-order valence-corrected chi connectivity index (χ3v) is 10.7. The van der Waals surface area contributed by atoms with E-state index >= 15 is 0 Å². The second kappa shape index (κ2) is 13.9. The van der Waals surface area contributed by atoms with E-state index in [1.807, 2.05) is 18.3 Å². The highest BCUT2D eigenvalue weighted by atomic mass is 15.2. The molecule has 0 atom stereocenters. The number of anilines is 3. The van der Waals surface area contributed by atoms with Gasteiger partial charge in [0.15, 0.2) is 0 Å². The minimum absolute atomic E-state index is 0.871. The first-order valence-electron chi connectivity index (χ1n) is 18.8. The van der Waals surface area contributed by atoms with Crippen LogP contribution in [0.3, 0.4) is 0 Å². The molecule has 1 aromatic heterocycles. The molecule has 10 aromatic rings. The van der Waals surface area contributed by atoms with E-state index < -0.39 is 0 Å². The molecule has 0 aliphatic carbocycles. The van der Waals surface area contributed by atoms with Crippen LogP contribution in [-0.2, 0) is 0 Å². The highest BCUT2D eigenvalue weighted by Gasteiger charge is 2.19. The van der Waals surface area contributed by atoms with Crippen molar-refractivity contribution < 1.29 is 0 Å². The van der Waals surface area contributed by atoms with Gasteiger partial charge >= 0.3 is 0 Å². The number of nitrogens with zero attached hydrogens (tertiary/aromatic N) is 2. The van der Waals surface area contributed by atoms with Crippen molar-refractivity contribution in [3.8, 4) is 22.3 Å². The molecule has 55 heavy (non-hydrogen) atoms. The first-order valence-corrected chi connectivity index (χ1v) is 18.8. The van der Waals surface area contributed by atoms with Crippen molar-refractivity contribution in [2.45, 2.75) is 0 Å². The van der Waals surface area contributed by atoms with Crippen LogP contribution in [0.4, 0.5) is 17.2 Å². The van der Waals surface area contributed by atoms with Crippen molar-refractivity contribution in [1.29, 1.82) is 0 Å². The molecule has 0 fully saturated rings. The van der Waals surface area contributed by atoms with Crippen molar-refractivity contribution in [2.75, 3.05) is 4.90 Å². The Morgan fingerprint density at radius 2 is 0.836 bits per heavy atom. The first-order chi connectivity index (χ1) is 27.3. The van der Waals surface area contributed by atoms with Gasteiger partial charge in [0.25, 0.3) is 0 Å². The zero-order valence-corrected chi connectivity index (χ0v) is 30.2.